The fraction of sp³-hybridized carbons (Fsp3) is 0.400. The van der Waals surface area contributed by atoms with Crippen LogP contribution in [0.1, 0.15) is 37.3 Å². The van der Waals surface area contributed by atoms with Crippen molar-refractivity contribution in [2.75, 3.05) is 26.7 Å². The lowest BCUT2D eigenvalue weighted by Crippen LogP contribution is -2.44. The summed E-state index contributed by atoms with van der Waals surface area (Å²) in [5, 5.41) is 12.7. The van der Waals surface area contributed by atoms with Crippen molar-refractivity contribution < 1.29 is 13.5 Å². The number of pyridine rings is 1. The van der Waals surface area contributed by atoms with Crippen LogP contribution in [0, 0.1) is 0 Å². The average molecular weight is 394 g/mol. The summed E-state index contributed by atoms with van der Waals surface area (Å²) >= 11 is 0. The Bertz CT molecular complexity index is 1130. The number of likely N-dealkylation sites (N-methyl/N-ethyl adjacent to an activating group) is 1. The van der Waals surface area contributed by atoms with Gasteiger partial charge in [0.1, 0.15) is 5.69 Å². The molecule has 1 aliphatic heterocycles. The smallest absolute Gasteiger partial charge is 0.259 e. The van der Waals surface area contributed by atoms with Gasteiger partial charge in [0.05, 0.1) is 28.9 Å². The van der Waals surface area contributed by atoms with Crippen molar-refractivity contribution >= 4 is 11.1 Å². The number of rotatable bonds is 4. The van der Waals surface area contributed by atoms with Crippen molar-refractivity contribution in [3.8, 4) is 22.9 Å². The summed E-state index contributed by atoms with van der Waals surface area (Å²) in [5.41, 5.74) is 2.61. The number of furan rings is 1. The minimum absolute atomic E-state index is 0.0650. The molecule has 29 heavy (non-hydrogen) atoms. The minimum Gasteiger partial charge on any atom is -0.463 e. The van der Waals surface area contributed by atoms with E-state index >= 15 is 0 Å². The van der Waals surface area contributed by atoms with Gasteiger partial charge in [0.25, 0.3) is 11.6 Å². The monoisotopic (exact) mass is 394 g/mol. The third-order valence-electron chi connectivity index (χ3n) is 5.27. The Kier molecular flexibility index (Phi) is 4.40. The molecule has 1 N–H and O–H groups in total. The van der Waals surface area contributed by atoms with Crippen molar-refractivity contribution in [2.24, 2.45) is 0 Å². The van der Waals surface area contributed by atoms with Gasteiger partial charge in [-0.05, 0) is 31.2 Å². The molecule has 1 atom stereocenters. The molecule has 0 bridgehead atoms. The molecule has 4 aromatic rings. The second-order valence-corrected chi connectivity index (χ2v) is 7.59. The number of hydrogen-bond acceptors (Lipinski definition) is 9. The van der Waals surface area contributed by atoms with E-state index in [1.807, 2.05) is 18.2 Å². The summed E-state index contributed by atoms with van der Waals surface area (Å²) in [6, 6.07) is 5.62. The van der Waals surface area contributed by atoms with Crippen LogP contribution in [0.5, 0.6) is 0 Å². The number of fused-ring (bicyclic) bond motifs is 1. The molecule has 0 aliphatic carbocycles. The first kappa shape index (κ1) is 18.0. The molecular weight excluding hydrogens is 372 g/mol. The summed E-state index contributed by atoms with van der Waals surface area (Å²) in [6.07, 6.45) is 1.61. The quantitative estimate of drug-likeness (QED) is 0.558. The molecule has 0 radical (unpaired) electrons. The fourth-order valence-corrected chi connectivity index (χ4v) is 3.66. The third kappa shape index (κ3) is 3.12. The Labute approximate surface area is 167 Å². The van der Waals surface area contributed by atoms with Crippen LogP contribution in [0.3, 0.4) is 0 Å². The molecule has 0 amide bonds. The van der Waals surface area contributed by atoms with Crippen LogP contribution in [0.25, 0.3) is 34.0 Å². The van der Waals surface area contributed by atoms with Gasteiger partial charge in [-0.3, -0.25) is 4.90 Å². The van der Waals surface area contributed by atoms with Crippen LogP contribution >= 0.6 is 0 Å². The van der Waals surface area contributed by atoms with E-state index in [1.54, 1.807) is 6.26 Å². The molecule has 1 fully saturated rings. The second-order valence-electron chi connectivity index (χ2n) is 7.59. The Hall–Kier alpha value is -3.04. The minimum atomic E-state index is 0.0650. The van der Waals surface area contributed by atoms with E-state index in [1.165, 1.54) is 0 Å². The van der Waals surface area contributed by atoms with Crippen LogP contribution < -0.4 is 5.32 Å². The maximum absolute atomic E-state index is 5.69. The highest BCUT2D eigenvalue weighted by atomic mass is 16.5. The summed E-state index contributed by atoms with van der Waals surface area (Å²) in [6.45, 7) is 6.78. The van der Waals surface area contributed by atoms with E-state index in [-0.39, 0.29) is 12.0 Å². The van der Waals surface area contributed by atoms with Crippen molar-refractivity contribution in [3.63, 3.8) is 0 Å². The van der Waals surface area contributed by atoms with Gasteiger partial charge in [-0.25, -0.2) is 4.98 Å². The Morgan fingerprint density at radius 1 is 1.21 bits per heavy atom. The van der Waals surface area contributed by atoms with E-state index in [2.05, 4.69) is 46.4 Å². The Morgan fingerprint density at radius 3 is 2.86 bits per heavy atom. The lowest BCUT2D eigenvalue weighted by atomic mass is 10.0. The zero-order valence-corrected chi connectivity index (χ0v) is 16.5. The van der Waals surface area contributed by atoms with E-state index in [0.29, 0.717) is 28.9 Å². The first-order valence-corrected chi connectivity index (χ1v) is 9.71. The van der Waals surface area contributed by atoms with E-state index in [9.17, 15) is 0 Å². The van der Waals surface area contributed by atoms with Crippen LogP contribution in [0.15, 0.2) is 37.9 Å². The number of piperazine rings is 1. The van der Waals surface area contributed by atoms with Crippen molar-refractivity contribution in [2.45, 2.75) is 25.8 Å². The Morgan fingerprint density at radius 2 is 2.10 bits per heavy atom. The lowest BCUT2D eigenvalue weighted by Gasteiger charge is -2.30. The summed E-state index contributed by atoms with van der Waals surface area (Å²) in [5.74, 6) is 1.86. The second kappa shape index (κ2) is 7.09. The molecule has 5 rings (SSSR count). The molecule has 1 aliphatic rings. The third-order valence-corrected chi connectivity index (χ3v) is 5.27. The maximum atomic E-state index is 5.69. The van der Waals surface area contributed by atoms with Gasteiger partial charge >= 0.3 is 0 Å². The highest BCUT2D eigenvalue weighted by Crippen LogP contribution is 2.36. The first-order chi connectivity index (χ1) is 14.1. The lowest BCUT2D eigenvalue weighted by molar-refractivity contribution is 0.190. The van der Waals surface area contributed by atoms with Crippen LogP contribution in [-0.2, 0) is 0 Å². The average Bonchev–Trinajstić information content (AvgIpc) is 3.46. The number of aromatic nitrogens is 4. The zero-order valence-electron chi connectivity index (χ0n) is 16.5. The maximum Gasteiger partial charge on any atom is 0.259 e. The molecule has 9 nitrogen and oxygen atoms in total. The van der Waals surface area contributed by atoms with Gasteiger partial charge in [0, 0.05) is 19.6 Å². The zero-order chi connectivity index (χ0) is 20.0. The van der Waals surface area contributed by atoms with Gasteiger partial charge in [-0.1, -0.05) is 24.2 Å². The summed E-state index contributed by atoms with van der Waals surface area (Å²) in [4.78, 5) is 11.5. The van der Waals surface area contributed by atoms with Crippen molar-refractivity contribution in [1.82, 2.24) is 30.5 Å². The topological polar surface area (TPSA) is 106 Å². The SMILES string of the molecule is CC(C)c1noc2nc(-c3ccco3)cc(-c3nc(C4CNCCN4C)no3)c12. The van der Waals surface area contributed by atoms with Gasteiger partial charge in [0.2, 0.25) is 0 Å². The van der Waals surface area contributed by atoms with Crippen LogP contribution in [-0.4, -0.2) is 51.9 Å². The number of nitrogens with one attached hydrogen (secondary N) is 1. The van der Waals surface area contributed by atoms with Crippen LogP contribution in [0.4, 0.5) is 0 Å². The number of nitrogens with zero attached hydrogens (tertiary/aromatic N) is 5. The van der Waals surface area contributed by atoms with E-state index in [4.69, 9.17) is 18.4 Å². The van der Waals surface area contributed by atoms with Crippen molar-refractivity contribution in [1.29, 1.82) is 0 Å². The fourth-order valence-electron chi connectivity index (χ4n) is 3.66. The predicted molar refractivity (Wildman–Crippen MR) is 105 cm³/mol. The molecule has 0 spiro atoms. The molecule has 150 valence electrons. The molecule has 1 saturated heterocycles. The highest BCUT2D eigenvalue weighted by molar-refractivity contribution is 5.93. The molecule has 1 unspecified atom stereocenters. The standard InChI is InChI=1S/C20H22N6O3/c1-11(2)17-16-12(9-13(15-5-4-8-27-15)22-20(16)29-24-17)19-23-18(25-28-19)14-10-21-6-7-26(14)3/h4-5,8-9,11,14,21H,6-7,10H2,1-3H3. The van der Waals surface area contributed by atoms with E-state index < -0.39 is 0 Å². The van der Waals surface area contributed by atoms with Crippen molar-refractivity contribution in [3.05, 3.63) is 36.0 Å². The van der Waals surface area contributed by atoms with E-state index in [0.717, 1.165) is 36.3 Å². The molecule has 0 saturated carbocycles. The highest BCUT2D eigenvalue weighted by Gasteiger charge is 2.28. The molecule has 9 heteroatoms. The van der Waals surface area contributed by atoms with Gasteiger partial charge < -0.3 is 18.8 Å². The molecule has 0 aromatic carbocycles. The number of hydrogen-bond donors (Lipinski definition) is 1. The normalized spacial score (nSPS) is 18.1. The largest absolute Gasteiger partial charge is 0.463 e. The summed E-state index contributed by atoms with van der Waals surface area (Å²) in [7, 11) is 2.07. The Balaban J connectivity index is 1.66. The first-order valence-electron chi connectivity index (χ1n) is 9.71. The van der Waals surface area contributed by atoms with Gasteiger partial charge in [0.15, 0.2) is 11.6 Å². The molecule has 5 heterocycles. The molecular formula is C20H22N6O3. The van der Waals surface area contributed by atoms with Crippen LogP contribution in [0.2, 0.25) is 0 Å². The summed E-state index contributed by atoms with van der Waals surface area (Å²) < 4.78 is 16.8. The predicted octanol–water partition coefficient (Wildman–Crippen LogP) is 3.23. The van der Waals surface area contributed by atoms with Gasteiger partial charge in [-0.2, -0.15) is 4.98 Å². The van der Waals surface area contributed by atoms with Gasteiger partial charge in [-0.15, -0.1) is 0 Å². The molecule has 4 aromatic heterocycles.